The summed E-state index contributed by atoms with van der Waals surface area (Å²) in [5.74, 6) is -1.33. The smallest absolute Gasteiger partial charge is 0.303 e. The van der Waals surface area contributed by atoms with Crippen molar-refractivity contribution in [1.29, 1.82) is 0 Å². The van der Waals surface area contributed by atoms with E-state index in [2.05, 4.69) is 5.32 Å². The second-order valence-electron chi connectivity index (χ2n) is 5.72. The Bertz CT molecular complexity index is 559. The van der Waals surface area contributed by atoms with E-state index in [1.807, 2.05) is 6.92 Å². The standard InChI is InChI=1S/C16H25NO8S2/c1-6-26-27-16-13(17-8(2)18)15(24-11(5)21)14(23-10(4)20)12(25-16)7-22-9(3)19/h12-16H,6-7H2,1-5H3,(H,17,18)/t12-,13-,14-,15-,16+/m1/s1. The molecule has 9 nitrogen and oxygen atoms in total. The zero-order chi connectivity index (χ0) is 20.6. The average molecular weight is 424 g/mol. The van der Waals surface area contributed by atoms with E-state index < -0.39 is 47.7 Å². The van der Waals surface area contributed by atoms with Crippen LogP contribution in [0.15, 0.2) is 0 Å². The topological polar surface area (TPSA) is 117 Å². The van der Waals surface area contributed by atoms with Crippen molar-refractivity contribution in [3.63, 3.8) is 0 Å². The lowest BCUT2D eigenvalue weighted by atomic mass is 9.97. The second kappa shape index (κ2) is 11.4. The summed E-state index contributed by atoms with van der Waals surface area (Å²) in [6.45, 7) is 6.75. The fourth-order valence-electron chi connectivity index (χ4n) is 2.51. The average Bonchev–Trinajstić information content (AvgIpc) is 2.54. The molecule has 0 aromatic carbocycles. The van der Waals surface area contributed by atoms with Gasteiger partial charge in [0.25, 0.3) is 0 Å². The molecule has 1 rings (SSSR count). The van der Waals surface area contributed by atoms with E-state index in [1.54, 1.807) is 0 Å². The zero-order valence-electron chi connectivity index (χ0n) is 15.9. The first kappa shape index (κ1) is 23.6. The molecule has 0 bridgehead atoms. The fourth-order valence-corrected chi connectivity index (χ4v) is 4.61. The van der Waals surface area contributed by atoms with Crippen LogP contribution in [0.25, 0.3) is 0 Å². The van der Waals surface area contributed by atoms with Gasteiger partial charge in [0, 0.05) is 33.4 Å². The number of esters is 3. The molecule has 1 saturated heterocycles. The van der Waals surface area contributed by atoms with E-state index >= 15 is 0 Å². The van der Waals surface area contributed by atoms with Crippen LogP contribution in [0.2, 0.25) is 0 Å². The van der Waals surface area contributed by atoms with E-state index in [-0.39, 0.29) is 12.5 Å². The fraction of sp³-hybridized carbons (Fsp3) is 0.750. The third-order valence-corrected chi connectivity index (χ3v) is 6.00. The van der Waals surface area contributed by atoms with Crippen LogP contribution >= 0.6 is 21.6 Å². The molecule has 1 N–H and O–H groups in total. The van der Waals surface area contributed by atoms with E-state index in [9.17, 15) is 19.2 Å². The summed E-state index contributed by atoms with van der Waals surface area (Å²) < 4.78 is 21.7. The maximum absolute atomic E-state index is 11.7. The van der Waals surface area contributed by atoms with Gasteiger partial charge in [0.15, 0.2) is 12.2 Å². The van der Waals surface area contributed by atoms with Crippen LogP contribution in [-0.4, -0.2) is 66.0 Å². The highest BCUT2D eigenvalue weighted by atomic mass is 33.1. The highest BCUT2D eigenvalue weighted by molar-refractivity contribution is 8.76. The van der Waals surface area contributed by atoms with Gasteiger partial charge in [-0.15, -0.1) is 0 Å². The van der Waals surface area contributed by atoms with Gasteiger partial charge in [-0.1, -0.05) is 28.5 Å². The molecule has 0 saturated carbocycles. The van der Waals surface area contributed by atoms with Crippen molar-refractivity contribution in [2.45, 2.75) is 64.4 Å². The Kier molecular flexibility index (Phi) is 9.95. The minimum absolute atomic E-state index is 0.189. The molecule has 0 aliphatic carbocycles. The molecule has 0 aromatic rings. The third-order valence-electron chi connectivity index (χ3n) is 3.35. The number of rotatable bonds is 8. The first-order valence-electron chi connectivity index (χ1n) is 8.34. The Labute approximate surface area is 166 Å². The summed E-state index contributed by atoms with van der Waals surface area (Å²) in [7, 11) is 2.84. The quantitative estimate of drug-likeness (QED) is 0.345. The van der Waals surface area contributed by atoms with E-state index in [0.717, 1.165) is 5.75 Å². The maximum Gasteiger partial charge on any atom is 0.303 e. The first-order chi connectivity index (χ1) is 12.6. The predicted molar refractivity (Wildman–Crippen MR) is 99.7 cm³/mol. The van der Waals surface area contributed by atoms with Crippen LogP contribution in [0.5, 0.6) is 0 Å². The normalized spacial score (nSPS) is 27.4. The lowest BCUT2D eigenvalue weighted by Gasteiger charge is -2.44. The van der Waals surface area contributed by atoms with Gasteiger partial charge < -0.3 is 24.3 Å². The minimum Gasteiger partial charge on any atom is -0.463 e. The number of ether oxygens (including phenoxy) is 4. The Morgan fingerprint density at radius 3 is 2.04 bits per heavy atom. The van der Waals surface area contributed by atoms with Gasteiger partial charge in [-0.3, -0.25) is 19.2 Å². The van der Waals surface area contributed by atoms with Crippen LogP contribution in [0, 0.1) is 0 Å². The molecule has 1 amide bonds. The summed E-state index contributed by atoms with van der Waals surface area (Å²) in [5.41, 5.74) is -0.615. The Hall–Kier alpha value is -1.46. The van der Waals surface area contributed by atoms with Crippen LogP contribution in [-0.2, 0) is 38.1 Å². The summed E-state index contributed by atoms with van der Waals surface area (Å²) in [6.07, 6.45) is -2.91. The number of carbonyl (C=O) groups is 4. The number of nitrogens with one attached hydrogen (secondary N) is 1. The van der Waals surface area contributed by atoms with Gasteiger partial charge in [-0.05, 0) is 0 Å². The largest absolute Gasteiger partial charge is 0.463 e. The molecule has 154 valence electrons. The van der Waals surface area contributed by atoms with E-state index in [1.165, 1.54) is 49.3 Å². The van der Waals surface area contributed by atoms with Gasteiger partial charge in [0.1, 0.15) is 24.2 Å². The lowest BCUT2D eigenvalue weighted by Crippen LogP contribution is -2.65. The van der Waals surface area contributed by atoms with Crippen LogP contribution < -0.4 is 5.32 Å². The van der Waals surface area contributed by atoms with Crippen molar-refractivity contribution in [3.05, 3.63) is 0 Å². The molecule has 11 heteroatoms. The van der Waals surface area contributed by atoms with Crippen molar-refractivity contribution in [2.75, 3.05) is 12.4 Å². The van der Waals surface area contributed by atoms with Crippen LogP contribution in [0.3, 0.4) is 0 Å². The molecule has 1 aliphatic heterocycles. The van der Waals surface area contributed by atoms with Crippen LogP contribution in [0.1, 0.15) is 34.6 Å². The van der Waals surface area contributed by atoms with Gasteiger partial charge in [-0.2, -0.15) is 0 Å². The Balaban J connectivity index is 3.22. The van der Waals surface area contributed by atoms with Gasteiger partial charge in [-0.25, -0.2) is 0 Å². The number of hydrogen-bond donors (Lipinski definition) is 1. The highest BCUT2D eigenvalue weighted by Crippen LogP contribution is 2.37. The molecule has 0 unspecified atom stereocenters. The molecular weight excluding hydrogens is 398 g/mol. The van der Waals surface area contributed by atoms with Crippen molar-refractivity contribution in [3.8, 4) is 0 Å². The number of amides is 1. The molecule has 5 atom stereocenters. The van der Waals surface area contributed by atoms with Gasteiger partial charge >= 0.3 is 17.9 Å². The predicted octanol–water partition coefficient (Wildman–Crippen LogP) is 1.04. The lowest BCUT2D eigenvalue weighted by molar-refractivity contribution is -0.211. The summed E-state index contributed by atoms with van der Waals surface area (Å²) in [5, 5.41) is 2.71. The minimum atomic E-state index is -1.05. The first-order valence-corrected chi connectivity index (χ1v) is 10.7. The molecule has 0 radical (unpaired) electrons. The number of hydrogen-bond acceptors (Lipinski definition) is 10. The van der Waals surface area contributed by atoms with Gasteiger partial charge in [0.2, 0.25) is 5.91 Å². The van der Waals surface area contributed by atoms with E-state index in [4.69, 9.17) is 18.9 Å². The molecule has 0 aromatic heterocycles. The van der Waals surface area contributed by atoms with Gasteiger partial charge in [0.05, 0.1) is 0 Å². The molecule has 1 fully saturated rings. The molecule has 0 spiro atoms. The molecule has 1 heterocycles. The van der Waals surface area contributed by atoms with Crippen molar-refractivity contribution < 1.29 is 38.1 Å². The molecule has 1 aliphatic rings. The maximum atomic E-state index is 11.7. The number of carbonyl (C=O) groups excluding carboxylic acids is 4. The third kappa shape index (κ3) is 7.97. The second-order valence-corrected chi connectivity index (χ2v) is 8.48. The van der Waals surface area contributed by atoms with Crippen molar-refractivity contribution in [2.24, 2.45) is 0 Å². The monoisotopic (exact) mass is 423 g/mol. The molecule has 27 heavy (non-hydrogen) atoms. The summed E-state index contributed by atoms with van der Waals surface area (Å²) in [4.78, 5) is 46.1. The Morgan fingerprint density at radius 1 is 0.963 bits per heavy atom. The summed E-state index contributed by atoms with van der Waals surface area (Å²) in [6, 6.07) is -0.756. The summed E-state index contributed by atoms with van der Waals surface area (Å²) >= 11 is 0. The Morgan fingerprint density at radius 2 is 1.56 bits per heavy atom. The zero-order valence-corrected chi connectivity index (χ0v) is 17.5. The van der Waals surface area contributed by atoms with E-state index in [0.29, 0.717) is 0 Å². The van der Waals surface area contributed by atoms with Crippen LogP contribution in [0.4, 0.5) is 0 Å². The van der Waals surface area contributed by atoms with Crippen molar-refractivity contribution in [1.82, 2.24) is 5.32 Å². The SMILES string of the molecule is CCSS[C@@H]1O[C@H](COC(C)=O)[C@@H](OC(C)=O)[C@H](OC(C)=O)[C@H]1NC(C)=O. The highest BCUT2D eigenvalue weighted by Gasteiger charge is 2.50. The molecular formula is C16H25NO8S2. The van der Waals surface area contributed by atoms with Crippen molar-refractivity contribution >= 4 is 45.4 Å².